The summed E-state index contributed by atoms with van der Waals surface area (Å²) in [6, 6.07) is 9.53. The molecular formula is C19H21FN2O5S. The van der Waals surface area contributed by atoms with Gasteiger partial charge < -0.3 is 14.2 Å². The van der Waals surface area contributed by atoms with Crippen LogP contribution in [0.25, 0.3) is 0 Å². The van der Waals surface area contributed by atoms with E-state index in [1.165, 1.54) is 23.5 Å². The summed E-state index contributed by atoms with van der Waals surface area (Å²) in [4.78, 5) is 2.12. The minimum atomic E-state index is -3.74. The van der Waals surface area contributed by atoms with Gasteiger partial charge in [0.05, 0.1) is 12.0 Å². The molecule has 1 saturated heterocycles. The van der Waals surface area contributed by atoms with Gasteiger partial charge in [-0.25, -0.2) is 12.8 Å². The number of halogens is 1. The lowest BCUT2D eigenvalue weighted by Crippen LogP contribution is -2.48. The first-order valence-electron chi connectivity index (χ1n) is 8.92. The van der Waals surface area contributed by atoms with Crippen LogP contribution in [-0.2, 0) is 16.6 Å². The van der Waals surface area contributed by atoms with Crippen molar-refractivity contribution >= 4 is 10.0 Å². The van der Waals surface area contributed by atoms with E-state index in [0.717, 1.165) is 23.1 Å². The third-order valence-corrected chi connectivity index (χ3v) is 6.83. The van der Waals surface area contributed by atoms with Gasteiger partial charge >= 0.3 is 0 Å². The van der Waals surface area contributed by atoms with Crippen molar-refractivity contribution in [3.8, 4) is 17.2 Å². The number of rotatable bonds is 5. The molecule has 0 bridgehead atoms. The fourth-order valence-corrected chi connectivity index (χ4v) is 4.82. The third-order valence-electron chi connectivity index (χ3n) is 4.94. The molecule has 28 heavy (non-hydrogen) atoms. The molecule has 0 amide bonds. The predicted molar refractivity (Wildman–Crippen MR) is 99.6 cm³/mol. The van der Waals surface area contributed by atoms with Gasteiger partial charge in [-0.1, -0.05) is 6.07 Å². The van der Waals surface area contributed by atoms with E-state index in [2.05, 4.69) is 4.90 Å². The van der Waals surface area contributed by atoms with E-state index >= 15 is 0 Å². The van der Waals surface area contributed by atoms with Crippen molar-refractivity contribution in [2.45, 2.75) is 11.4 Å². The number of hydrogen-bond acceptors (Lipinski definition) is 6. The van der Waals surface area contributed by atoms with Crippen LogP contribution in [0.1, 0.15) is 5.56 Å². The Hall–Kier alpha value is -2.36. The number of sulfonamides is 1. The number of benzene rings is 2. The zero-order valence-corrected chi connectivity index (χ0v) is 16.2. The first-order chi connectivity index (χ1) is 13.5. The van der Waals surface area contributed by atoms with E-state index in [9.17, 15) is 12.8 Å². The third kappa shape index (κ3) is 3.65. The molecule has 2 heterocycles. The molecule has 0 saturated carbocycles. The molecule has 0 aliphatic carbocycles. The van der Waals surface area contributed by atoms with Gasteiger partial charge in [0, 0.05) is 32.7 Å². The van der Waals surface area contributed by atoms with E-state index in [-0.39, 0.29) is 17.4 Å². The maximum absolute atomic E-state index is 13.9. The molecule has 2 aromatic carbocycles. The summed E-state index contributed by atoms with van der Waals surface area (Å²) in [5.41, 5.74) is 1.08. The van der Waals surface area contributed by atoms with Crippen LogP contribution in [0, 0.1) is 5.82 Å². The highest BCUT2D eigenvalue weighted by molar-refractivity contribution is 7.89. The van der Waals surface area contributed by atoms with Gasteiger partial charge in [-0.2, -0.15) is 4.31 Å². The van der Waals surface area contributed by atoms with Gasteiger partial charge in [-0.15, -0.1) is 0 Å². The molecular weight excluding hydrogens is 387 g/mol. The first kappa shape index (κ1) is 19.0. The smallest absolute Gasteiger partial charge is 0.243 e. The highest BCUT2D eigenvalue weighted by Crippen LogP contribution is 2.33. The molecule has 1 fully saturated rings. The van der Waals surface area contributed by atoms with E-state index < -0.39 is 15.8 Å². The topological polar surface area (TPSA) is 68.3 Å². The second-order valence-corrected chi connectivity index (χ2v) is 8.60. The van der Waals surface area contributed by atoms with Crippen molar-refractivity contribution in [3.05, 3.63) is 47.8 Å². The summed E-state index contributed by atoms with van der Waals surface area (Å²) in [6.45, 7) is 2.81. The highest BCUT2D eigenvalue weighted by atomic mass is 32.2. The Morgan fingerprint density at radius 2 is 1.79 bits per heavy atom. The standard InChI is InChI=1S/C19H21FN2O5S/c1-25-17-5-3-15(11-16(17)20)28(23,24)22-8-6-21(7-9-22)12-14-2-4-18-19(10-14)27-13-26-18/h2-5,10-11H,6-9,12-13H2,1H3. The van der Waals surface area contributed by atoms with Gasteiger partial charge in [0.1, 0.15) is 0 Å². The second kappa shape index (κ2) is 7.57. The van der Waals surface area contributed by atoms with Crippen molar-refractivity contribution in [2.75, 3.05) is 40.1 Å². The Labute approximate surface area is 163 Å². The number of ether oxygens (including phenoxy) is 3. The minimum absolute atomic E-state index is 0.0208. The van der Waals surface area contributed by atoms with Crippen molar-refractivity contribution in [3.63, 3.8) is 0 Å². The quantitative estimate of drug-likeness (QED) is 0.755. The van der Waals surface area contributed by atoms with Crippen molar-refractivity contribution in [1.29, 1.82) is 0 Å². The molecule has 0 N–H and O–H groups in total. The van der Waals surface area contributed by atoms with Crippen LogP contribution in [0.3, 0.4) is 0 Å². The molecule has 4 rings (SSSR count). The number of hydrogen-bond donors (Lipinski definition) is 0. The number of piperazine rings is 1. The summed E-state index contributed by atoms with van der Waals surface area (Å²) in [5, 5.41) is 0. The molecule has 2 aromatic rings. The Morgan fingerprint density at radius 3 is 2.50 bits per heavy atom. The van der Waals surface area contributed by atoms with Crippen LogP contribution in [0.2, 0.25) is 0 Å². The zero-order valence-electron chi connectivity index (χ0n) is 15.4. The largest absolute Gasteiger partial charge is 0.494 e. The lowest BCUT2D eigenvalue weighted by molar-refractivity contribution is 0.173. The van der Waals surface area contributed by atoms with E-state index in [4.69, 9.17) is 14.2 Å². The number of methoxy groups -OCH3 is 1. The Kier molecular flexibility index (Phi) is 5.13. The molecule has 0 aromatic heterocycles. The minimum Gasteiger partial charge on any atom is -0.494 e. The molecule has 9 heteroatoms. The molecule has 2 aliphatic rings. The van der Waals surface area contributed by atoms with Crippen LogP contribution in [-0.4, -0.2) is 57.7 Å². The number of fused-ring (bicyclic) bond motifs is 1. The fraction of sp³-hybridized carbons (Fsp3) is 0.368. The van der Waals surface area contributed by atoms with E-state index in [0.29, 0.717) is 32.7 Å². The molecule has 0 spiro atoms. The monoisotopic (exact) mass is 408 g/mol. The van der Waals surface area contributed by atoms with Gasteiger partial charge in [0.25, 0.3) is 0 Å². The SMILES string of the molecule is COc1ccc(S(=O)(=O)N2CCN(Cc3ccc4c(c3)OCO4)CC2)cc1F. The van der Waals surface area contributed by atoms with Crippen molar-refractivity contribution in [2.24, 2.45) is 0 Å². The summed E-state index contributed by atoms with van der Waals surface area (Å²) in [7, 11) is -2.40. The van der Waals surface area contributed by atoms with Crippen LogP contribution < -0.4 is 14.2 Å². The maximum Gasteiger partial charge on any atom is 0.243 e. The van der Waals surface area contributed by atoms with Crippen molar-refractivity contribution in [1.82, 2.24) is 9.21 Å². The molecule has 0 radical (unpaired) electrons. The van der Waals surface area contributed by atoms with Crippen LogP contribution in [0.4, 0.5) is 4.39 Å². The van der Waals surface area contributed by atoms with Crippen LogP contribution in [0.15, 0.2) is 41.3 Å². The fourth-order valence-electron chi connectivity index (χ4n) is 3.38. The van der Waals surface area contributed by atoms with E-state index in [1.807, 2.05) is 18.2 Å². The van der Waals surface area contributed by atoms with Crippen LogP contribution >= 0.6 is 0 Å². The average Bonchev–Trinajstić information content (AvgIpc) is 3.16. The van der Waals surface area contributed by atoms with Crippen molar-refractivity contribution < 1.29 is 27.0 Å². The normalized spacial score (nSPS) is 17.6. The highest BCUT2D eigenvalue weighted by Gasteiger charge is 2.29. The predicted octanol–water partition coefficient (Wildman–Crippen LogP) is 2.07. The molecule has 7 nitrogen and oxygen atoms in total. The molecule has 0 unspecified atom stereocenters. The van der Waals surface area contributed by atoms with Gasteiger partial charge in [0.2, 0.25) is 16.8 Å². The lowest BCUT2D eigenvalue weighted by Gasteiger charge is -2.34. The Morgan fingerprint density at radius 1 is 1.04 bits per heavy atom. The van der Waals surface area contributed by atoms with Gasteiger partial charge in [0.15, 0.2) is 23.1 Å². The summed E-state index contributed by atoms with van der Waals surface area (Å²) < 4.78 is 56.5. The van der Waals surface area contributed by atoms with Gasteiger partial charge in [-0.3, -0.25) is 4.90 Å². The van der Waals surface area contributed by atoms with Crippen LogP contribution in [0.5, 0.6) is 17.2 Å². The zero-order chi connectivity index (χ0) is 19.7. The summed E-state index contributed by atoms with van der Waals surface area (Å²) in [5.74, 6) is 0.809. The average molecular weight is 408 g/mol. The Balaban J connectivity index is 1.40. The molecule has 2 aliphatic heterocycles. The Bertz CT molecular complexity index is 974. The molecule has 150 valence electrons. The summed E-state index contributed by atoms with van der Waals surface area (Å²) in [6.07, 6.45) is 0. The van der Waals surface area contributed by atoms with Gasteiger partial charge in [-0.05, 0) is 35.9 Å². The number of nitrogens with zero attached hydrogens (tertiary/aromatic N) is 2. The second-order valence-electron chi connectivity index (χ2n) is 6.66. The lowest BCUT2D eigenvalue weighted by atomic mass is 10.2. The molecule has 0 atom stereocenters. The first-order valence-corrected chi connectivity index (χ1v) is 10.4. The summed E-state index contributed by atoms with van der Waals surface area (Å²) >= 11 is 0. The maximum atomic E-state index is 13.9. The van der Waals surface area contributed by atoms with E-state index in [1.54, 1.807) is 0 Å².